The van der Waals surface area contributed by atoms with Crippen molar-refractivity contribution in [3.05, 3.63) is 35.4 Å². The molecule has 0 unspecified atom stereocenters. The molecule has 1 aliphatic rings. The largest absolute Gasteiger partial charge is 0.339 e. The van der Waals surface area contributed by atoms with E-state index in [0.717, 1.165) is 18.4 Å². The van der Waals surface area contributed by atoms with Gasteiger partial charge < -0.3 is 4.90 Å². The van der Waals surface area contributed by atoms with Gasteiger partial charge in [0, 0.05) is 18.7 Å². The van der Waals surface area contributed by atoms with Crippen molar-refractivity contribution in [1.29, 1.82) is 0 Å². The fraction of sp³-hybridized carbons (Fsp3) is 0.500. The van der Waals surface area contributed by atoms with Crippen molar-refractivity contribution in [2.24, 2.45) is 0 Å². The first-order valence-corrected chi connectivity index (χ1v) is 5.96. The molecule has 0 radical (unpaired) electrons. The number of nitrogens with zero attached hydrogens (tertiary/aromatic N) is 1. The highest BCUT2D eigenvalue weighted by Crippen LogP contribution is 2.27. The third kappa shape index (κ3) is 2.26. The molecular weight excluding hydrogens is 198 g/mol. The van der Waals surface area contributed by atoms with Crippen molar-refractivity contribution in [3.63, 3.8) is 0 Å². The molecular formula is C14H19NO. The minimum atomic E-state index is 0.157. The van der Waals surface area contributed by atoms with Gasteiger partial charge in [0.05, 0.1) is 0 Å². The first kappa shape index (κ1) is 11.2. The summed E-state index contributed by atoms with van der Waals surface area (Å²) in [6, 6.07) is 8.47. The maximum absolute atomic E-state index is 12.1. The lowest BCUT2D eigenvalue weighted by atomic mass is 10.0. The van der Waals surface area contributed by atoms with Crippen LogP contribution in [0.1, 0.15) is 48.5 Å². The summed E-state index contributed by atoms with van der Waals surface area (Å²) in [6.45, 7) is 4.29. The van der Waals surface area contributed by atoms with Crippen LogP contribution >= 0.6 is 0 Å². The summed E-state index contributed by atoms with van der Waals surface area (Å²) >= 11 is 0. The van der Waals surface area contributed by atoms with Gasteiger partial charge in [0.15, 0.2) is 0 Å². The molecule has 0 aromatic heterocycles. The van der Waals surface area contributed by atoms with Crippen molar-refractivity contribution >= 4 is 5.91 Å². The van der Waals surface area contributed by atoms with Crippen molar-refractivity contribution in [1.82, 2.24) is 4.90 Å². The van der Waals surface area contributed by atoms with Gasteiger partial charge in [-0.2, -0.15) is 0 Å². The third-order valence-electron chi connectivity index (χ3n) is 3.22. The quantitative estimate of drug-likeness (QED) is 0.762. The normalized spacial score (nSPS) is 15.2. The van der Waals surface area contributed by atoms with Crippen LogP contribution in [0.5, 0.6) is 0 Å². The SMILES string of the molecule is CC(C)c1cccc(C(=O)N(C)C2CC2)c1. The molecule has 0 bridgehead atoms. The molecule has 1 fully saturated rings. The Labute approximate surface area is 97.3 Å². The zero-order chi connectivity index (χ0) is 11.7. The average molecular weight is 217 g/mol. The van der Waals surface area contributed by atoms with Gasteiger partial charge in [-0.25, -0.2) is 0 Å². The van der Waals surface area contributed by atoms with Crippen LogP contribution in [0.25, 0.3) is 0 Å². The molecule has 1 aromatic carbocycles. The standard InChI is InChI=1S/C14H19NO/c1-10(2)11-5-4-6-12(9-11)14(16)15(3)13-7-8-13/h4-6,9-10,13H,7-8H2,1-3H3. The highest BCUT2D eigenvalue weighted by atomic mass is 16.2. The van der Waals surface area contributed by atoms with Crippen molar-refractivity contribution in [2.75, 3.05) is 7.05 Å². The van der Waals surface area contributed by atoms with E-state index in [1.807, 2.05) is 30.1 Å². The fourth-order valence-corrected chi connectivity index (χ4v) is 1.86. The molecule has 0 aliphatic heterocycles. The van der Waals surface area contributed by atoms with E-state index in [1.54, 1.807) is 0 Å². The molecule has 0 spiro atoms. The monoisotopic (exact) mass is 217 g/mol. The predicted molar refractivity (Wildman–Crippen MR) is 65.6 cm³/mol. The van der Waals surface area contributed by atoms with Gasteiger partial charge in [0.25, 0.3) is 5.91 Å². The zero-order valence-corrected chi connectivity index (χ0v) is 10.2. The summed E-state index contributed by atoms with van der Waals surface area (Å²) in [5.41, 5.74) is 2.05. The summed E-state index contributed by atoms with van der Waals surface area (Å²) in [4.78, 5) is 14.0. The van der Waals surface area contributed by atoms with Crippen LogP contribution in [-0.4, -0.2) is 23.9 Å². The zero-order valence-electron chi connectivity index (χ0n) is 10.2. The van der Waals surface area contributed by atoms with Crippen molar-refractivity contribution in [3.8, 4) is 0 Å². The molecule has 2 heteroatoms. The number of amides is 1. The number of hydrogen-bond donors (Lipinski definition) is 0. The van der Waals surface area contributed by atoms with Crippen LogP contribution in [0.2, 0.25) is 0 Å². The summed E-state index contributed by atoms with van der Waals surface area (Å²) in [5, 5.41) is 0. The third-order valence-corrected chi connectivity index (χ3v) is 3.22. The highest BCUT2D eigenvalue weighted by Gasteiger charge is 2.30. The van der Waals surface area contributed by atoms with E-state index < -0.39 is 0 Å². The van der Waals surface area contributed by atoms with E-state index in [-0.39, 0.29) is 5.91 Å². The lowest BCUT2D eigenvalue weighted by Gasteiger charge is -2.17. The molecule has 86 valence electrons. The van der Waals surface area contributed by atoms with E-state index >= 15 is 0 Å². The maximum atomic E-state index is 12.1. The van der Waals surface area contributed by atoms with Crippen LogP contribution in [-0.2, 0) is 0 Å². The van der Waals surface area contributed by atoms with Crippen molar-refractivity contribution < 1.29 is 4.79 Å². The van der Waals surface area contributed by atoms with Gasteiger partial charge >= 0.3 is 0 Å². The summed E-state index contributed by atoms with van der Waals surface area (Å²) in [7, 11) is 1.90. The Bertz CT molecular complexity index is 393. The molecule has 1 aromatic rings. The molecule has 0 saturated heterocycles. The molecule has 0 heterocycles. The van der Waals surface area contributed by atoms with Gasteiger partial charge in [0.1, 0.15) is 0 Å². The molecule has 2 nitrogen and oxygen atoms in total. The topological polar surface area (TPSA) is 20.3 Å². The van der Waals surface area contributed by atoms with E-state index in [0.29, 0.717) is 12.0 Å². The number of carbonyl (C=O) groups excluding carboxylic acids is 1. The first-order valence-electron chi connectivity index (χ1n) is 5.96. The van der Waals surface area contributed by atoms with Gasteiger partial charge in [-0.1, -0.05) is 26.0 Å². The average Bonchev–Trinajstić information content (AvgIpc) is 3.11. The second kappa shape index (κ2) is 4.28. The number of carbonyl (C=O) groups is 1. The van der Waals surface area contributed by atoms with Gasteiger partial charge in [-0.05, 0) is 36.5 Å². The van der Waals surface area contributed by atoms with E-state index in [2.05, 4.69) is 19.9 Å². The Hall–Kier alpha value is -1.31. The molecule has 0 N–H and O–H groups in total. The predicted octanol–water partition coefficient (Wildman–Crippen LogP) is 3.04. The highest BCUT2D eigenvalue weighted by molar-refractivity contribution is 5.94. The minimum absolute atomic E-state index is 0.157. The smallest absolute Gasteiger partial charge is 0.253 e. The van der Waals surface area contributed by atoms with Crippen molar-refractivity contribution in [2.45, 2.75) is 38.6 Å². The Morgan fingerprint density at radius 1 is 1.38 bits per heavy atom. The van der Waals surface area contributed by atoms with Crippen LogP contribution in [0, 0.1) is 0 Å². The van der Waals surface area contributed by atoms with Crippen LogP contribution in [0.3, 0.4) is 0 Å². The Kier molecular flexibility index (Phi) is 2.99. The van der Waals surface area contributed by atoms with Crippen LogP contribution < -0.4 is 0 Å². The molecule has 2 rings (SSSR count). The lowest BCUT2D eigenvalue weighted by Crippen LogP contribution is -2.28. The van der Waals surface area contributed by atoms with E-state index in [9.17, 15) is 4.79 Å². The van der Waals surface area contributed by atoms with Crippen LogP contribution in [0.15, 0.2) is 24.3 Å². The van der Waals surface area contributed by atoms with Crippen LogP contribution in [0.4, 0.5) is 0 Å². The Morgan fingerprint density at radius 3 is 2.62 bits per heavy atom. The summed E-state index contributed by atoms with van der Waals surface area (Å²) in [6.07, 6.45) is 2.32. The Balaban J connectivity index is 2.19. The Morgan fingerprint density at radius 2 is 2.06 bits per heavy atom. The summed E-state index contributed by atoms with van der Waals surface area (Å²) in [5.74, 6) is 0.629. The number of benzene rings is 1. The molecule has 1 amide bonds. The number of hydrogen-bond acceptors (Lipinski definition) is 1. The minimum Gasteiger partial charge on any atom is -0.339 e. The van der Waals surface area contributed by atoms with Gasteiger partial charge in [-0.15, -0.1) is 0 Å². The fourth-order valence-electron chi connectivity index (χ4n) is 1.86. The molecule has 1 aliphatic carbocycles. The first-order chi connectivity index (χ1) is 7.59. The van der Waals surface area contributed by atoms with Gasteiger partial charge in [0.2, 0.25) is 0 Å². The van der Waals surface area contributed by atoms with E-state index in [4.69, 9.17) is 0 Å². The molecule has 1 saturated carbocycles. The lowest BCUT2D eigenvalue weighted by molar-refractivity contribution is 0.0785. The molecule has 0 atom stereocenters. The van der Waals surface area contributed by atoms with E-state index in [1.165, 1.54) is 5.56 Å². The molecule has 16 heavy (non-hydrogen) atoms. The summed E-state index contributed by atoms with van der Waals surface area (Å²) < 4.78 is 0. The second-order valence-corrected chi connectivity index (χ2v) is 4.93. The number of rotatable bonds is 3. The second-order valence-electron chi connectivity index (χ2n) is 4.93. The maximum Gasteiger partial charge on any atom is 0.253 e. The van der Waals surface area contributed by atoms with Gasteiger partial charge in [-0.3, -0.25) is 4.79 Å².